The lowest BCUT2D eigenvalue weighted by atomic mass is 9.98. The van der Waals surface area contributed by atoms with Gasteiger partial charge < -0.3 is 83.5 Å². The second-order valence-electron chi connectivity index (χ2n) is 11.6. The lowest BCUT2D eigenvalue weighted by Gasteiger charge is -2.43. The van der Waals surface area contributed by atoms with Crippen LogP contribution >= 0.6 is 0 Å². The first-order valence-corrected chi connectivity index (χ1v) is 15.8. The van der Waals surface area contributed by atoms with Crippen LogP contribution < -0.4 is 18.9 Å². The molecule has 0 spiro atoms. The van der Waals surface area contributed by atoms with Crippen LogP contribution in [0.3, 0.4) is 0 Å². The van der Waals surface area contributed by atoms with Gasteiger partial charge in [0.25, 0.3) is 0 Å². The number of phenolic OH excluding ortho intramolecular Hbond substituents is 2. The Hall–Kier alpha value is -4.70. The van der Waals surface area contributed by atoms with Gasteiger partial charge in [-0.05, 0) is 47.5 Å². The Morgan fingerprint density at radius 3 is 1.66 bits per heavy atom. The zero-order valence-corrected chi connectivity index (χ0v) is 28.9. The molecule has 0 aromatic heterocycles. The number of aliphatic hydroxyl groups is 6. The largest absolute Gasteiger partial charge is 0.502 e. The van der Waals surface area contributed by atoms with Gasteiger partial charge in [-0.25, -0.2) is 9.59 Å². The number of methoxy groups -OCH3 is 4. The maximum atomic E-state index is 12.9. The summed E-state index contributed by atoms with van der Waals surface area (Å²) in [4.78, 5) is 25.5. The van der Waals surface area contributed by atoms with Crippen LogP contribution in [0.1, 0.15) is 11.1 Å². The van der Waals surface area contributed by atoms with Gasteiger partial charge in [-0.2, -0.15) is 0 Å². The molecule has 0 amide bonds. The van der Waals surface area contributed by atoms with E-state index in [2.05, 4.69) is 0 Å². The minimum atomic E-state index is -2.51. The van der Waals surface area contributed by atoms with Crippen molar-refractivity contribution in [3.63, 3.8) is 0 Å². The maximum absolute atomic E-state index is 12.9. The second kappa shape index (κ2) is 17.9. The standard InChI is InChI=1S/C34H42O19/c1-45-18-9-16(10-19(46-2)26(18)39)5-7-24(37)49-14-23-28(41)30(43)31(44)33(50-23)53-34(15-36)32(29(42)22(13-35)52-34)51-25(38)8-6-17-11-20(47-3)27(40)21(12-17)48-4/h5-12,22-23,28-33,35-36,39-44H,13-15H2,1-4H3/t22-,23-,28-,29-,30+,31-,32+,33-,34-/m1/s1. The first-order chi connectivity index (χ1) is 25.3. The lowest BCUT2D eigenvalue weighted by Crippen LogP contribution is -2.63. The third kappa shape index (κ3) is 9.10. The number of phenols is 2. The second-order valence-corrected chi connectivity index (χ2v) is 11.6. The van der Waals surface area contributed by atoms with Crippen molar-refractivity contribution in [2.75, 3.05) is 48.3 Å². The third-order valence-electron chi connectivity index (χ3n) is 8.32. The van der Waals surface area contributed by atoms with Crippen LogP contribution in [0.25, 0.3) is 12.2 Å². The fourth-order valence-electron chi connectivity index (χ4n) is 5.49. The van der Waals surface area contributed by atoms with Crippen LogP contribution in [0, 0.1) is 0 Å². The van der Waals surface area contributed by atoms with Crippen LogP contribution in [-0.2, 0) is 33.3 Å². The van der Waals surface area contributed by atoms with E-state index in [0.717, 1.165) is 12.2 Å². The normalized spacial score (nSPS) is 28.6. The van der Waals surface area contributed by atoms with E-state index in [1.54, 1.807) is 0 Å². The highest BCUT2D eigenvalue weighted by Crippen LogP contribution is 2.40. The molecule has 2 heterocycles. The van der Waals surface area contributed by atoms with Crippen molar-refractivity contribution in [3.05, 3.63) is 47.5 Å². The molecule has 0 radical (unpaired) electrons. The summed E-state index contributed by atoms with van der Waals surface area (Å²) in [6.45, 7) is -2.69. The quantitative estimate of drug-likeness (QED) is 0.0765. The monoisotopic (exact) mass is 754 g/mol. The molecule has 19 heteroatoms. The predicted molar refractivity (Wildman–Crippen MR) is 177 cm³/mol. The molecule has 2 aromatic carbocycles. The van der Waals surface area contributed by atoms with E-state index in [-0.39, 0.29) is 34.5 Å². The fraction of sp³-hybridized carbons (Fsp3) is 0.471. The topological polar surface area (TPSA) is 279 Å². The van der Waals surface area contributed by atoms with Crippen molar-refractivity contribution in [1.82, 2.24) is 0 Å². The van der Waals surface area contributed by atoms with Gasteiger partial charge in [0.2, 0.25) is 17.3 Å². The van der Waals surface area contributed by atoms with Crippen molar-refractivity contribution < 1.29 is 93.1 Å². The Kier molecular flexibility index (Phi) is 13.9. The molecule has 0 bridgehead atoms. The van der Waals surface area contributed by atoms with Gasteiger partial charge >= 0.3 is 11.9 Å². The average Bonchev–Trinajstić information content (AvgIpc) is 3.42. The predicted octanol–water partition coefficient (Wildman–Crippen LogP) is -1.42. The van der Waals surface area contributed by atoms with Gasteiger partial charge in [0.15, 0.2) is 35.4 Å². The molecule has 4 rings (SSSR count). The summed E-state index contributed by atoms with van der Waals surface area (Å²) in [5, 5.41) is 83.3. The molecule has 19 nitrogen and oxygen atoms in total. The van der Waals surface area contributed by atoms with Crippen molar-refractivity contribution in [3.8, 4) is 34.5 Å². The molecular formula is C34H42O19. The van der Waals surface area contributed by atoms with Gasteiger partial charge in [-0.3, -0.25) is 0 Å². The van der Waals surface area contributed by atoms with Crippen molar-refractivity contribution >= 4 is 24.1 Å². The van der Waals surface area contributed by atoms with E-state index >= 15 is 0 Å². The van der Waals surface area contributed by atoms with E-state index in [1.807, 2.05) is 0 Å². The number of carbonyl (C=O) groups excluding carboxylic acids is 2. The maximum Gasteiger partial charge on any atom is 0.331 e. The molecule has 53 heavy (non-hydrogen) atoms. The molecule has 2 aliphatic rings. The molecule has 2 fully saturated rings. The SMILES string of the molecule is COc1cc(C=CC(=O)OC[C@H]2O[C@H](O[C@@]3(CO)O[C@H](CO)[C@@H](O)[C@@H]3OC(=O)C=Cc3cc(OC)c(O)c(OC)c3)[C@H](O)[C@@H](O)[C@@H]2O)cc(OC)c1O. The number of benzene rings is 2. The molecule has 0 saturated carbocycles. The summed E-state index contributed by atoms with van der Waals surface area (Å²) in [5.74, 6) is -4.86. The highest BCUT2D eigenvalue weighted by Gasteiger charge is 2.60. The third-order valence-corrected chi connectivity index (χ3v) is 8.32. The number of rotatable bonds is 15. The average molecular weight is 755 g/mol. The minimum Gasteiger partial charge on any atom is -0.502 e. The Labute approximate surface area is 302 Å². The van der Waals surface area contributed by atoms with Crippen LogP contribution in [0.4, 0.5) is 0 Å². The van der Waals surface area contributed by atoms with E-state index < -0.39 is 86.6 Å². The molecule has 2 aliphatic heterocycles. The van der Waals surface area contributed by atoms with E-state index in [4.69, 9.17) is 42.6 Å². The summed E-state index contributed by atoms with van der Waals surface area (Å²) < 4.78 is 47.8. The number of aromatic hydroxyl groups is 2. The Morgan fingerprint density at radius 1 is 0.717 bits per heavy atom. The first-order valence-electron chi connectivity index (χ1n) is 15.8. The van der Waals surface area contributed by atoms with Gasteiger partial charge in [0, 0.05) is 12.2 Å². The Morgan fingerprint density at radius 2 is 1.21 bits per heavy atom. The summed E-state index contributed by atoms with van der Waals surface area (Å²) >= 11 is 0. The van der Waals surface area contributed by atoms with E-state index in [1.165, 1.54) is 64.9 Å². The van der Waals surface area contributed by atoms with E-state index in [0.29, 0.717) is 11.1 Å². The fourth-order valence-corrected chi connectivity index (χ4v) is 5.49. The molecular weight excluding hydrogens is 712 g/mol. The summed E-state index contributed by atoms with van der Waals surface area (Å²) in [6.07, 6.45) is -9.97. The van der Waals surface area contributed by atoms with Crippen LogP contribution in [0.2, 0.25) is 0 Å². The van der Waals surface area contributed by atoms with Crippen molar-refractivity contribution in [1.29, 1.82) is 0 Å². The molecule has 2 aromatic rings. The van der Waals surface area contributed by atoms with Crippen LogP contribution in [0.5, 0.6) is 34.5 Å². The molecule has 2 saturated heterocycles. The number of hydrogen-bond donors (Lipinski definition) is 8. The molecule has 0 aliphatic carbocycles. The summed E-state index contributed by atoms with van der Waals surface area (Å²) in [5.41, 5.74) is 0.708. The van der Waals surface area contributed by atoms with Gasteiger partial charge in [-0.15, -0.1) is 0 Å². The van der Waals surface area contributed by atoms with Crippen molar-refractivity contribution in [2.24, 2.45) is 0 Å². The zero-order valence-electron chi connectivity index (χ0n) is 28.9. The molecule has 292 valence electrons. The van der Waals surface area contributed by atoms with Crippen LogP contribution in [-0.4, -0.2) is 156 Å². The molecule has 8 N–H and O–H groups in total. The summed E-state index contributed by atoms with van der Waals surface area (Å²) in [6, 6.07) is 5.60. The van der Waals surface area contributed by atoms with E-state index in [9.17, 15) is 50.4 Å². The lowest BCUT2D eigenvalue weighted by molar-refractivity contribution is -0.383. The number of hydrogen-bond acceptors (Lipinski definition) is 19. The Balaban J connectivity index is 1.48. The summed E-state index contributed by atoms with van der Waals surface area (Å²) in [7, 11) is 5.26. The molecule has 9 atom stereocenters. The van der Waals surface area contributed by atoms with Gasteiger partial charge in [-0.1, -0.05) is 0 Å². The highest BCUT2D eigenvalue weighted by atomic mass is 16.8. The smallest absolute Gasteiger partial charge is 0.331 e. The minimum absolute atomic E-state index is 0.0366. The zero-order chi connectivity index (χ0) is 39.0. The Bertz CT molecular complexity index is 1590. The van der Waals surface area contributed by atoms with Crippen molar-refractivity contribution in [2.45, 2.75) is 54.8 Å². The highest BCUT2D eigenvalue weighted by molar-refractivity contribution is 5.88. The number of aliphatic hydroxyl groups excluding tert-OH is 6. The molecule has 0 unspecified atom stereocenters. The van der Waals surface area contributed by atoms with Crippen LogP contribution in [0.15, 0.2) is 36.4 Å². The number of carbonyl (C=O) groups is 2. The number of esters is 2. The first kappa shape index (κ1) is 41.1. The van der Waals surface area contributed by atoms with Gasteiger partial charge in [0.05, 0.1) is 35.0 Å². The number of ether oxygens (including phenoxy) is 9. The van der Waals surface area contributed by atoms with Gasteiger partial charge in [0.1, 0.15) is 49.8 Å².